The number of nitrogens with zero attached hydrogens (tertiary/aromatic N) is 2. The predicted molar refractivity (Wildman–Crippen MR) is 106 cm³/mol. The minimum Gasteiger partial charge on any atom is -0.466 e. The molecule has 0 amide bonds. The maximum absolute atomic E-state index is 13.5. The van der Waals surface area contributed by atoms with Gasteiger partial charge < -0.3 is 14.2 Å². The van der Waals surface area contributed by atoms with Crippen LogP contribution in [0.4, 0.5) is 18.9 Å². The van der Waals surface area contributed by atoms with Crippen LogP contribution in [0.5, 0.6) is 0 Å². The number of carbonyl (C=O) groups is 1. The van der Waals surface area contributed by atoms with Crippen molar-refractivity contribution in [2.75, 3.05) is 24.6 Å². The lowest BCUT2D eigenvalue weighted by molar-refractivity contribution is -0.148. The van der Waals surface area contributed by atoms with E-state index in [1.54, 1.807) is 43.3 Å². The van der Waals surface area contributed by atoms with E-state index in [1.165, 1.54) is 10.6 Å². The van der Waals surface area contributed by atoms with Crippen LogP contribution in [-0.2, 0) is 15.7 Å². The van der Waals surface area contributed by atoms with Gasteiger partial charge in [0, 0.05) is 41.1 Å². The van der Waals surface area contributed by atoms with Crippen molar-refractivity contribution >= 4 is 34.2 Å². The Morgan fingerprint density at radius 1 is 1.17 bits per heavy atom. The van der Waals surface area contributed by atoms with Gasteiger partial charge in [0.05, 0.1) is 23.6 Å². The molecular weight excluding hydrogens is 405 g/mol. The van der Waals surface area contributed by atoms with Gasteiger partial charge in [-0.05, 0) is 31.2 Å². The number of para-hydroxylation sites is 1. The Labute approximate surface area is 170 Å². The number of alkyl halides is 3. The number of anilines is 1. The zero-order valence-electron chi connectivity index (χ0n) is 15.5. The first-order valence-corrected chi connectivity index (χ1v) is 9.55. The quantitative estimate of drug-likeness (QED) is 0.535. The van der Waals surface area contributed by atoms with E-state index in [2.05, 4.69) is 0 Å². The Morgan fingerprint density at radius 3 is 2.55 bits per heavy atom. The molecule has 3 aromatic rings. The number of hydrogen-bond acceptors (Lipinski definition) is 3. The van der Waals surface area contributed by atoms with Gasteiger partial charge in [-0.1, -0.05) is 29.8 Å². The highest BCUT2D eigenvalue weighted by molar-refractivity contribution is 6.31. The van der Waals surface area contributed by atoms with Crippen LogP contribution in [0.15, 0.2) is 48.7 Å². The third kappa shape index (κ3) is 3.67. The standard InChI is InChI=1S/C21H18ClF3N2O2/c1-2-29-20(28)13-10-26(11-13)15-7-14(22)8-16(9-15)27-12-18(21(23,24)25)17-5-3-4-6-19(17)27/h3-9,12-13H,2,10-11H2,1H3. The smallest absolute Gasteiger partial charge is 0.418 e. The number of aromatic nitrogens is 1. The Hall–Kier alpha value is -2.67. The summed E-state index contributed by atoms with van der Waals surface area (Å²) in [4.78, 5) is 13.8. The summed E-state index contributed by atoms with van der Waals surface area (Å²) < 4.78 is 47.0. The first-order chi connectivity index (χ1) is 13.8. The van der Waals surface area contributed by atoms with E-state index in [0.717, 1.165) is 11.9 Å². The molecule has 29 heavy (non-hydrogen) atoms. The molecule has 4 rings (SSSR count). The molecule has 2 aromatic carbocycles. The summed E-state index contributed by atoms with van der Waals surface area (Å²) in [6.45, 7) is 3.06. The minimum atomic E-state index is -4.46. The van der Waals surface area contributed by atoms with Crippen LogP contribution in [0, 0.1) is 5.92 Å². The third-order valence-corrected chi connectivity index (χ3v) is 5.25. The lowest BCUT2D eigenvalue weighted by Crippen LogP contribution is -2.51. The van der Waals surface area contributed by atoms with E-state index in [1.807, 2.05) is 4.90 Å². The third-order valence-electron chi connectivity index (χ3n) is 5.03. The van der Waals surface area contributed by atoms with Crippen molar-refractivity contribution in [3.05, 3.63) is 59.2 Å². The first-order valence-electron chi connectivity index (χ1n) is 9.17. The fourth-order valence-corrected chi connectivity index (χ4v) is 3.82. The van der Waals surface area contributed by atoms with Crippen molar-refractivity contribution < 1.29 is 22.7 Å². The van der Waals surface area contributed by atoms with E-state index in [9.17, 15) is 18.0 Å². The maximum atomic E-state index is 13.5. The van der Waals surface area contributed by atoms with Gasteiger partial charge in [-0.25, -0.2) is 0 Å². The number of rotatable bonds is 4. The van der Waals surface area contributed by atoms with Crippen molar-refractivity contribution in [3.63, 3.8) is 0 Å². The Kier molecular flexibility index (Phi) is 4.94. The molecule has 8 heteroatoms. The molecule has 1 fully saturated rings. The van der Waals surface area contributed by atoms with E-state index in [0.29, 0.717) is 35.9 Å². The molecule has 1 aromatic heterocycles. The van der Waals surface area contributed by atoms with Gasteiger partial charge in [0.2, 0.25) is 0 Å². The van der Waals surface area contributed by atoms with Crippen LogP contribution >= 0.6 is 11.6 Å². The molecule has 2 heterocycles. The van der Waals surface area contributed by atoms with E-state index in [-0.39, 0.29) is 17.3 Å². The monoisotopic (exact) mass is 422 g/mol. The number of hydrogen-bond donors (Lipinski definition) is 0. The van der Waals surface area contributed by atoms with Crippen LogP contribution in [0.2, 0.25) is 5.02 Å². The zero-order valence-corrected chi connectivity index (χ0v) is 16.3. The van der Waals surface area contributed by atoms with Crippen molar-refractivity contribution in [1.29, 1.82) is 0 Å². The van der Waals surface area contributed by atoms with E-state index < -0.39 is 11.7 Å². The van der Waals surface area contributed by atoms with Gasteiger partial charge in [-0.3, -0.25) is 4.79 Å². The molecule has 0 aliphatic carbocycles. The second-order valence-electron chi connectivity index (χ2n) is 6.95. The molecule has 1 saturated heterocycles. The number of halogens is 4. The van der Waals surface area contributed by atoms with Crippen LogP contribution < -0.4 is 4.90 Å². The van der Waals surface area contributed by atoms with Crippen molar-refractivity contribution in [2.45, 2.75) is 13.1 Å². The molecule has 0 radical (unpaired) electrons. The van der Waals surface area contributed by atoms with Gasteiger partial charge in [-0.2, -0.15) is 13.2 Å². The summed E-state index contributed by atoms with van der Waals surface area (Å²) in [7, 11) is 0. The van der Waals surface area contributed by atoms with Crippen LogP contribution in [0.3, 0.4) is 0 Å². The lowest BCUT2D eigenvalue weighted by Gasteiger charge is -2.39. The molecular formula is C21H18ClF3N2O2. The molecule has 0 saturated carbocycles. The predicted octanol–water partition coefficient (Wildman–Crippen LogP) is 5.30. The molecule has 0 bridgehead atoms. The molecule has 4 nitrogen and oxygen atoms in total. The average molecular weight is 423 g/mol. The SMILES string of the molecule is CCOC(=O)C1CN(c2cc(Cl)cc(-n3cc(C(F)(F)F)c4ccccc43)c2)C1. The normalized spacial score (nSPS) is 14.9. The van der Waals surface area contributed by atoms with Crippen LogP contribution in [-0.4, -0.2) is 30.2 Å². The molecule has 0 unspecified atom stereocenters. The largest absolute Gasteiger partial charge is 0.466 e. The molecule has 1 aliphatic heterocycles. The first kappa shape index (κ1) is 19.6. The molecule has 0 atom stereocenters. The second kappa shape index (κ2) is 7.30. The Morgan fingerprint density at radius 2 is 1.86 bits per heavy atom. The van der Waals surface area contributed by atoms with E-state index >= 15 is 0 Å². The maximum Gasteiger partial charge on any atom is 0.418 e. The minimum absolute atomic E-state index is 0.132. The molecule has 152 valence electrons. The number of benzene rings is 2. The van der Waals surface area contributed by atoms with Gasteiger partial charge in [-0.15, -0.1) is 0 Å². The van der Waals surface area contributed by atoms with E-state index in [4.69, 9.17) is 16.3 Å². The highest BCUT2D eigenvalue weighted by Crippen LogP contribution is 2.38. The summed E-state index contributed by atoms with van der Waals surface area (Å²) >= 11 is 6.27. The summed E-state index contributed by atoms with van der Waals surface area (Å²) in [5.74, 6) is -0.446. The van der Waals surface area contributed by atoms with Gasteiger partial charge >= 0.3 is 12.1 Å². The lowest BCUT2D eigenvalue weighted by atomic mass is 9.99. The van der Waals surface area contributed by atoms with Crippen molar-refractivity contribution in [3.8, 4) is 5.69 Å². The number of ether oxygens (including phenoxy) is 1. The fourth-order valence-electron chi connectivity index (χ4n) is 3.60. The fraction of sp³-hybridized carbons (Fsp3) is 0.286. The molecule has 1 aliphatic rings. The zero-order chi connectivity index (χ0) is 20.8. The Bertz CT molecular complexity index is 1070. The molecule has 0 spiro atoms. The second-order valence-corrected chi connectivity index (χ2v) is 7.39. The van der Waals surface area contributed by atoms with Gasteiger partial charge in [0.15, 0.2) is 0 Å². The summed E-state index contributed by atoms with van der Waals surface area (Å²) in [6.07, 6.45) is -3.37. The summed E-state index contributed by atoms with van der Waals surface area (Å²) in [5.41, 5.74) is 1.03. The number of esters is 1. The highest BCUT2D eigenvalue weighted by Gasteiger charge is 2.36. The van der Waals surface area contributed by atoms with Gasteiger partial charge in [0.1, 0.15) is 0 Å². The van der Waals surface area contributed by atoms with Crippen LogP contribution in [0.1, 0.15) is 12.5 Å². The summed E-state index contributed by atoms with van der Waals surface area (Å²) in [5, 5.41) is 0.538. The Balaban J connectivity index is 1.70. The topological polar surface area (TPSA) is 34.5 Å². The van der Waals surface area contributed by atoms with Crippen LogP contribution in [0.25, 0.3) is 16.6 Å². The molecule has 0 N–H and O–H groups in total. The van der Waals surface area contributed by atoms with Crippen molar-refractivity contribution in [1.82, 2.24) is 4.57 Å². The van der Waals surface area contributed by atoms with Gasteiger partial charge in [0.25, 0.3) is 0 Å². The number of carbonyl (C=O) groups excluding carboxylic acids is 1. The van der Waals surface area contributed by atoms with Crippen molar-refractivity contribution in [2.24, 2.45) is 5.92 Å². The average Bonchev–Trinajstić information content (AvgIpc) is 3.00. The highest BCUT2D eigenvalue weighted by atomic mass is 35.5. The summed E-state index contributed by atoms with van der Waals surface area (Å²) in [6, 6.07) is 11.5. The number of fused-ring (bicyclic) bond motifs is 1.